The fraction of sp³-hybridized carbons (Fsp3) is 0.368. The second-order valence-corrected chi connectivity index (χ2v) is 8.78. The maximum absolute atomic E-state index is 12.3. The summed E-state index contributed by atoms with van der Waals surface area (Å²) in [5.74, 6) is 0.157. The number of carbonyl (C=O) groups excluding carboxylic acids is 2. The third-order valence-electron chi connectivity index (χ3n) is 4.33. The molecule has 28 heavy (non-hydrogen) atoms. The Morgan fingerprint density at radius 2 is 1.96 bits per heavy atom. The summed E-state index contributed by atoms with van der Waals surface area (Å²) in [7, 11) is -3.04. The molecule has 1 saturated heterocycles. The summed E-state index contributed by atoms with van der Waals surface area (Å²) in [6.45, 7) is 0.295. The molecule has 1 unspecified atom stereocenters. The zero-order valence-electron chi connectivity index (χ0n) is 15.2. The number of ether oxygens (including phenoxy) is 1. The number of rotatable bonds is 8. The van der Waals surface area contributed by atoms with Crippen molar-refractivity contribution in [3.8, 4) is 5.75 Å². The summed E-state index contributed by atoms with van der Waals surface area (Å²) in [5, 5.41) is 5.31. The molecule has 1 aromatic carbocycles. The first-order valence-electron chi connectivity index (χ1n) is 8.95. The van der Waals surface area contributed by atoms with Crippen LogP contribution in [0.4, 0.5) is 0 Å². The Morgan fingerprint density at radius 1 is 1.18 bits per heavy atom. The van der Waals surface area contributed by atoms with Crippen LogP contribution < -0.4 is 15.4 Å². The largest absolute Gasteiger partial charge is 0.489 e. The number of carbonyl (C=O) groups is 2. The van der Waals surface area contributed by atoms with Crippen molar-refractivity contribution < 1.29 is 27.2 Å². The fourth-order valence-corrected chi connectivity index (χ4v) is 4.58. The van der Waals surface area contributed by atoms with Crippen LogP contribution in [0.25, 0.3) is 0 Å². The average Bonchev–Trinajstić information content (AvgIpc) is 3.26. The van der Waals surface area contributed by atoms with Crippen LogP contribution in [0.5, 0.6) is 5.75 Å². The molecule has 1 aliphatic rings. The van der Waals surface area contributed by atoms with Gasteiger partial charge < -0.3 is 19.8 Å². The van der Waals surface area contributed by atoms with Crippen LogP contribution in [0.1, 0.15) is 29.0 Å². The van der Waals surface area contributed by atoms with Crippen molar-refractivity contribution in [2.24, 2.45) is 0 Å². The highest BCUT2D eigenvalue weighted by Gasteiger charge is 2.28. The van der Waals surface area contributed by atoms with E-state index in [2.05, 4.69) is 10.6 Å². The van der Waals surface area contributed by atoms with E-state index in [0.717, 1.165) is 0 Å². The molecule has 2 aromatic rings. The van der Waals surface area contributed by atoms with Crippen LogP contribution in [-0.2, 0) is 21.2 Å². The van der Waals surface area contributed by atoms with Gasteiger partial charge in [0.1, 0.15) is 12.4 Å². The van der Waals surface area contributed by atoms with Gasteiger partial charge in [0.05, 0.1) is 17.8 Å². The van der Waals surface area contributed by atoms with Gasteiger partial charge in [0, 0.05) is 24.6 Å². The number of furan rings is 1. The summed E-state index contributed by atoms with van der Waals surface area (Å²) in [5.41, 5.74) is 0.599. The van der Waals surface area contributed by atoms with E-state index >= 15 is 0 Å². The molecule has 0 radical (unpaired) electrons. The molecule has 8 nitrogen and oxygen atoms in total. The van der Waals surface area contributed by atoms with E-state index in [-0.39, 0.29) is 48.8 Å². The summed E-state index contributed by atoms with van der Waals surface area (Å²) >= 11 is 0. The molecule has 0 saturated carbocycles. The van der Waals surface area contributed by atoms with E-state index in [4.69, 9.17) is 9.15 Å². The molecule has 3 rings (SSSR count). The summed E-state index contributed by atoms with van der Waals surface area (Å²) in [6, 6.07) is 10.5. The topological polar surface area (TPSA) is 115 Å². The van der Waals surface area contributed by atoms with Crippen LogP contribution in [0.2, 0.25) is 0 Å². The number of sulfone groups is 1. The predicted molar refractivity (Wildman–Crippen MR) is 102 cm³/mol. The van der Waals surface area contributed by atoms with Gasteiger partial charge in [-0.2, -0.15) is 0 Å². The standard InChI is InChI=1S/C19H22N2O6S/c22-17(21-15-8-11-28(24,25)13-15)6-9-20-19(23)18-14(7-10-26-18)12-27-16-4-2-1-3-5-16/h1-5,7,10,15H,6,8-9,11-13H2,(H,20,23)(H,21,22). The van der Waals surface area contributed by atoms with E-state index in [1.807, 2.05) is 30.3 Å². The summed E-state index contributed by atoms with van der Waals surface area (Å²) in [6.07, 6.45) is 1.89. The Hall–Kier alpha value is -2.81. The zero-order chi connectivity index (χ0) is 20.0. The molecule has 0 aliphatic carbocycles. The van der Waals surface area contributed by atoms with E-state index in [0.29, 0.717) is 17.7 Å². The smallest absolute Gasteiger partial charge is 0.287 e. The average molecular weight is 406 g/mol. The number of para-hydroxylation sites is 1. The normalized spacial score (nSPS) is 17.8. The van der Waals surface area contributed by atoms with Gasteiger partial charge in [-0.25, -0.2) is 8.42 Å². The highest BCUT2D eigenvalue weighted by Crippen LogP contribution is 2.16. The Kier molecular flexibility index (Phi) is 6.35. The van der Waals surface area contributed by atoms with Gasteiger partial charge in [0.15, 0.2) is 15.6 Å². The first kappa shape index (κ1) is 19.9. The van der Waals surface area contributed by atoms with Crippen LogP contribution >= 0.6 is 0 Å². The van der Waals surface area contributed by atoms with E-state index in [1.54, 1.807) is 6.07 Å². The lowest BCUT2D eigenvalue weighted by molar-refractivity contribution is -0.121. The number of nitrogens with one attached hydrogen (secondary N) is 2. The molecule has 1 aliphatic heterocycles. The van der Waals surface area contributed by atoms with Gasteiger partial charge in [-0.15, -0.1) is 0 Å². The molecule has 1 atom stereocenters. The van der Waals surface area contributed by atoms with Gasteiger partial charge in [-0.05, 0) is 24.6 Å². The van der Waals surface area contributed by atoms with Crippen molar-refractivity contribution >= 4 is 21.7 Å². The molecule has 2 heterocycles. The molecule has 2 N–H and O–H groups in total. The second kappa shape index (κ2) is 8.92. The number of hydrogen-bond acceptors (Lipinski definition) is 6. The Balaban J connectivity index is 1.43. The summed E-state index contributed by atoms with van der Waals surface area (Å²) < 4.78 is 33.7. The Bertz CT molecular complexity index is 923. The predicted octanol–water partition coefficient (Wildman–Crippen LogP) is 1.28. The van der Waals surface area contributed by atoms with Crippen molar-refractivity contribution in [1.29, 1.82) is 0 Å². The maximum Gasteiger partial charge on any atom is 0.287 e. The van der Waals surface area contributed by atoms with Gasteiger partial charge in [0.2, 0.25) is 5.91 Å². The minimum atomic E-state index is -3.04. The Morgan fingerprint density at radius 3 is 2.68 bits per heavy atom. The molecule has 1 fully saturated rings. The molecular formula is C19H22N2O6S. The highest BCUT2D eigenvalue weighted by molar-refractivity contribution is 7.91. The zero-order valence-corrected chi connectivity index (χ0v) is 16.0. The molecule has 0 spiro atoms. The number of benzene rings is 1. The van der Waals surface area contributed by atoms with Crippen molar-refractivity contribution in [2.75, 3.05) is 18.1 Å². The lowest BCUT2D eigenvalue weighted by Crippen LogP contribution is -2.37. The van der Waals surface area contributed by atoms with Gasteiger partial charge in [-0.1, -0.05) is 18.2 Å². The molecule has 150 valence electrons. The van der Waals surface area contributed by atoms with Crippen molar-refractivity contribution in [1.82, 2.24) is 10.6 Å². The lowest BCUT2D eigenvalue weighted by atomic mass is 10.2. The first-order chi connectivity index (χ1) is 13.4. The van der Waals surface area contributed by atoms with E-state index in [1.165, 1.54) is 6.26 Å². The lowest BCUT2D eigenvalue weighted by Gasteiger charge is -2.11. The van der Waals surface area contributed by atoms with E-state index in [9.17, 15) is 18.0 Å². The number of amides is 2. The van der Waals surface area contributed by atoms with Crippen molar-refractivity contribution in [3.63, 3.8) is 0 Å². The highest BCUT2D eigenvalue weighted by atomic mass is 32.2. The minimum absolute atomic E-state index is 0.0255. The molecular weight excluding hydrogens is 384 g/mol. The van der Waals surface area contributed by atoms with Crippen molar-refractivity contribution in [3.05, 3.63) is 54.0 Å². The molecule has 0 bridgehead atoms. The Labute approximate surface area is 163 Å². The first-order valence-corrected chi connectivity index (χ1v) is 10.8. The van der Waals surface area contributed by atoms with Crippen LogP contribution in [0.15, 0.2) is 47.1 Å². The second-order valence-electron chi connectivity index (χ2n) is 6.55. The SMILES string of the molecule is O=C(CCNC(=O)c1occc1COc1ccccc1)NC1CCS(=O)(=O)C1. The van der Waals surface area contributed by atoms with Crippen LogP contribution in [0, 0.1) is 0 Å². The molecule has 9 heteroatoms. The minimum Gasteiger partial charge on any atom is -0.489 e. The van der Waals surface area contributed by atoms with Gasteiger partial charge in [-0.3, -0.25) is 9.59 Å². The third-order valence-corrected chi connectivity index (χ3v) is 6.09. The van der Waals surface area contributed by atoms with Crippen LogP contribution in [-0.4, -0.2) is 44.3 Å². The van der Waals surface area contributed by atoms with Crippen LogP contribution in [0.3, 0.4) is 0 Å². The van der Waals surface area contributed by atoms with Gasteiger partial charge >= 0.3 is 0 Å². The fourth-order valence-electron chi connectivity index (χ4n) is 2.90. The third kappa shape index (κ3) is 5.59. The van der Waals surface area contributed by atoms with Gasteiger partial charge in [0.25, 0.3) is 5.91 Å². The van der Waals surface area contributed by atoms with E-state index < -0.39 is 15.7 Å². The number of hydrogen-bond donors (Lipinski definition) is 2. The summed E-state index contributed by atoms with van der Waals surface area (Å²) in [4.78, 5) is 24.2. The molecule has 2 amide bonds. The monoisotopic (exact) mass is 406 g/mol. The maximum atomic E-state index is 12.3. The molecule has 1 aromatic heterocycles. The van der Waals surface area contributed by atoms with Crippen molar-refractivity contribution in [2.45, 2.75) is 25.5 Å². The quantitative estimate of drug-likeness (QED) is 0.683.